The van der Waals surface area contributed by atoms with Crippen LogP contribution in [0, 0.1) is 6.92 Å². The number of rotatable bonds is 4. The van der Waals surface area contributed by atoms with Crippen LogP contribution in [0.5, 0.6) is 0 Å². The van der Waals surface area contributed by atoms with Gasteiger partial charge in [0.1, 0.15) is 0 Å². The lowest BCUT2D eigenvalue weighted by Crippen LogP contribution is -2.37. The monoisotopic (exact) mass is 179 g/mol. The quantitative estimate of drug-likeness (QED) is 0.755. The third-order valence-electron chi connectivity index (χ3n) is 2.64. The number of nitrogens with zero attached hydrogens (tertiary/aromatic N) is 2. The first kappa shape index (κ1) is 8.75. The lowest BCUT2D eigenvalue weighted by molar-refractivity contribution is 0.332. The molecule has 1 fully saturated rings. The van der Waals surface area contributed by atoms with Gasteiger partial charge in [-0.1, -0.05) is 6.42 Å². The fourth-order valence-corrected chi connectivity index (χ4v) is 1.58. The van der Waals surface area contributed by atoms with Gasteiger partial charge in [0, 0.05) is 18.8 Å². The van der Waals surface area contributed by atoms with Crippen LogP contribution in [0.25, 0.3) is 0 Å². The van der Waals surface area contributed by atoms with Crippen molar-refractivity contribution >= 4 is 0 Å². The Labute approximate surface area is 79.1 Å². The van der Waals surface area contributed by atoms with Crippen molar-refractivity contribution in [2.45, 2.75) is 38.8 Å². The number of aryl methyl sites for hydroxylation is 1. The lowest BCUT2D eigenvalue weighted by atomic mass is 9.93. The molecular formula is C10H17N3. The second-order valence-electron chi connectivity index (χ2n) is 3.86. The first-order valence-corrected chi connectivity index (χ1v) is 5.07. The van der Waals surface area contributed by atoms with Gasteiger partial charge in [0.2, 0.25) is 0 Å². The molecule has 0 aromatic carbocycles. The Hall–Kier alpha value is -0.830. The molecule has 1 heterocycles. The molecule has 0 unspecified atom stereocenters. The van der Waals surface area contributed by atoms with E-state index in [9.17, 15) is 0 Å². The van der Waals surface area contributed by atoms with Crippen molar-refractivity contribution in [2.24, 2.45) is 0 Å². The molecule has 0 radical (unpaired) electrons. The standard InChI is InChI=1S/C10H17N3/c1-9-7-12-13(8-9)6-5-11-10-3-2-4-10/h7-8,10-11H,2-6H2,1H3. The summed E-state index contributed by atoms with van der Waals surface area (Å²) < 4.78 is 2.00. The van der Waals surface area contributed by atoms with Crippen LogP contribution in [-0.4, -0.2) is 22.4 Å². The average molecular weight is 179 g/mol. The molecule has 3 heteroatoms. The molecule has 1 aromatic rings. The zero-order valence-corrected chi connectivity index (χ0v) is 8.16. The molecule has 1 aromatic heterocycles. The van der Waals surface area contributed by atoms with Gasteiger partial charge in [0.15, 0.2) is 0 Å². The minimum Gasteiger partial charge on any atom is -0.312 e. The third-order valence-corrected chi connectivity index (χ3v) is 2.64. The second kappa shape index (κ2) is 3.92. The smallest absolute Gasteiger partial charge is 0.0534 e. The summed E-state index contributed by atoms with van der Waals surface area (Å²) >= 11 is 0. The molecule has 1 saturated carbocycles. The van der Waals surface area contributed by atoms with E-state index in [2.05, 4.69) is 23.5 Å². The Balaban J connectivity index is 1.67. The van der Waals surface area contributed by atoms with E-state index < -0.39 is 0 Å². The summed E-state index contributed by atoms with van der Waals surface area (Å²) in [6.07, 6.45) is 8.11. The number of aromatic nitrogens is 2. The van der Waals surface area contributed by atoms with Gasteiger partial charge in [-0.25, -0.2) is 0 Å². The molecule has 1 aliphatic rings. The zero-order chi connectivity index (χ0) is 9.10. The van der Waals surface area contributed by atoms with E-state index in [1.807, 2.05) is 10.9 Å². The van der Waals surface area contributed by atoms with Gasteiger partial charge < -0.3 is 5.32 Å². The van der Waals surface area contributed by atoms with Crippen LogP contribution in [0.1, 0.15) is 24.8 Å². The van der Waals surface area contributed by atoms with E-state index in [0.717, 1.165) is 19.1 Å². The predicted octanol–water partition coefficient (Wildman–Crippen LogP) is 1.33. The SMILES string of the molecule is Cc1cnn(CCNC2CCC2)c1. The van der Waals surface area contributed by atoms with Crippen molar-refractivity contribution in [3.05, 3.63) is 18.0 Å². The van der Waals surface area contributed by atoms with Crippen molar-refractivity contribution in [1.82, 2.24) is 15.1 Å². The number of nitrogens with one attached hydrogen (secondary N) is 1. The van der Waals surface area contributed by atoms with E-state index in [0.29, 0.717) is 0 Å². The van der Waals surface area contributed by atoms with Crippen molar-refractivity contribution < 1.29 is 0 Å². The molecule has 1 N–H and O–H groups in total. The molecule has 72 valence electrons. The molecule has 13 heavy (non-hydrogen) atoms. The topological polar surface area (TPSA) is 29.9 Å². The van der Waals surface area contributed by atoms with Crippen LogP contribution in [0.4, 0.5) is 0 Å². The second-order valence-corrected chi connectivity index (χ2v) is 3.86. The highest BCUT2D eigenvalue weighted by atomic mass is 15.3. The maximum Gasteiger partial charge on any atom is 0.0534 e. The van der Waals surface area contributed by atoms with E-state index in [4.69, 9.17) is 0 Å². The van der Waals surface area contributed by atoms with Crippen molar-refractivity contribution in [2.75, 3.05) is 6.54 Å². The maximum absolute atomic E-state index is 4.23. The number of hydrogen-bond acceptors (Lipinski definition) is 2. The summed E-state index contributed by atoms with van der Waals surface area (Å²) in [5.74, 6) is 0. The highest BCUT2D eigenvalue weighted by molar-refractivity contribution is 4.99. The number of hydrogen-bond donors (Lipinski definition) is 1. The summed E-state index contributed by atoms with van der Waals surface area (Å²) in [7, 11) is 0. The van der Waals surface area contributed by atoms with Gasteiger partial charge in [-0.2, -0.15) is 5.10 Å². The van der Waals surface area contributed by atoms with E-state index in [1.165, 1.54) is 24.8 Å². The van der Waals surface area contributed by atoms with Crippen molar-refractivity contribution in [1.29, 1.82) is 0 Å². The Kier molecular flexibility index (Phi) is 2.64. The molecule has 1 aliphatic carbocycles. The molecule has 0 amide bonds. The molecule has 3 nitrogen and oxygen atoms in total. The lowest BCUT2D eigenvalue weighted by Gasteiger charge is -2.26. The molecule has 0 bridgehead atoms. The largest absolute Gasteiger partial charge is 0.312 e. The Morgan fingerprint density at radius 3 is 3.00 bits per heavy atom. The Morgan fingerprint density at radius 1 is 1.62 bits per heavy atom. The summed E-state index contributed by atoms with van der Waals surface area (Å²) in [5, 5.41) is 7.75. The van der Waals surface area contributed by atoms with E-state index in [-0.39, 0.29) is 0 Å². The minimum absolute atomic E-state index is 0.789. The average Bonchev–Trinajstić information content (AvgIpc) is 2.42. The third kappa shape index (κ3) is 2.31. The minimum atomic E-state index is 0.789. The van der Waals surface area contributed by atoms with Gasteiger partial charge in [-0.3, -0.25) is 4.68 Å². The molecule has 2 rings (SSSR count). The molecular weight excluding hydrogens is 162 g/mol. The van der Waals surface area contributed by atoms with Gasteiger partial charge in [-0.15, -0.1) is 0 Å². The summed E-state index contributed by atoms with van der Waals surface area (Å²) in [6, 6.07) is 0.789. The van der Waals surface area contributed by atoms with Gasteiger partial charge in [0.25, 0.3) is 0 Å². The summed E-state index contributed by atoms with van der Waals surface area (Å²) in [6.45, 7) is 4.11. The van der Waals surface area contributed by atoms with Crippen LogP contribution < -0.4 is 5.32 Å². The van der Waals surface area contributed by atoms with Crippen molar-refractivity contribution in [3.8, 4) is 0 Å². The molecule has 0 atom stereocenters. The van der Waals surface area contributed by atoms with Crippen LogP contribution in [0.2, 0.25) is 0 Å². The zero-order valence-electron chi connectivity index (χ0n) is 8.16. The first-order valence-electron chi connectivity index (χ1n) is 5.07. The summed E-state index contributed by atoms with van der Waals surface area (Å²) in [5.41, 5.74) is 1.24. The highest BCUT2D eigenvalue weighted by Gasteiger charge is 2.15. The predicted molar refractivity (Wildman–Crippen MR) is 52.6 cm³/mol. The molecule has 0 aliphatic heterocycles. The Morgan fingerprint density at radius 2 is 2.46 bits per heavy atom. The van der Waals surface area contributed by atoms with Gasteiger partial charge in [0.05, 0.1) is 12.7 Å². The first-order chi connectivity index (χ1) is 6.34. The van der Waals surface area contributed by atoms with Crippen molar-refractivity contribution in [3.63, 3.8) is 0 Å². The fraction of sp³-hybridized carbons (Fsp3) is 0.700. The van der Waals surface area contributed by atoms with Crippen LogP contribution >= 0.6 is 0 Å². The highest BCUT2D eigenvalue weighted by Crippen LogP contribution is 2.17. The maximum atomic E-state index is 4.23. The fourth-order valence-electron chi connectivity index (χ4n) is 1.58. The van der Waals surface area contributed by atoms with Gasteiger partial charge >= 0.3 is 0 Å². The van der Waals surface area contributed by atoms with Crippen LogP contribution in [0.3, 0.4) is 0 Å². The Bertz CT molecular complexity index is 263. The van der Waals surface area contributed by atoms with Crippen LogP contribution in [0.15, 0.2) is 12.4 Å². The molecule has 0 spiro atoms. The van der Waals surface area contributed by atoms with Gasteiger partial charge in [-0.05, 0) is 25.3 Å². The van der Waals surface area contributed by atoms with E-state index in [1.54, 1.807) is 0 Å². The molecule has 0 saturated heterocycles. The summed E-state index contributed by atoms with van der Waals surface area (Å²) in [4.78, 5) is 0. The normalized spacial score (nSPS) is 17.3. The van der Waals surface area contributed by atoms with E-state index >= 15 is 0 Å². The van der Waals surface area contributed by atoms with Crippen LogP contribution in [-0.2, 0) is 6.54 Å².